The molecule has 1 saturated heterocycles. The molecule has 0 amide bonds. The van der Waals surface area contributed by atoms with Crippen LogP contribution in [0.2, 0.25) is 0 Å². The molecule has 0 saturated carbocycles. The number of nitrogens with zero attached hydrogens (tertiary/aromatic N) is 1. The Labute approximate surface area is 90.0 Å². The molecule has 2 rings (SSSR count). The van der Waals surface area contributed by atoms with Gasteiger partial charge >= 0.3 is 0 Å². The van der Waals surface area contributed by atoms with Crippen LogP contribution in [0, 0.1) is 13.8 Å². The number of aromatic nitrogens is 1. The van der Waals surface area contributed by atoms with E-state index in [0.717, 1.165) is 0 Å². The first-order chi connectivity index (χ1) is 6.77. The van der Waals surface area contributed by atoms with Crippen molar-refractivity contribution in [3.8, 4) is 0 Å². The van der Waals surface area contributed by atoms with Crippen LogP contribution < -0.4 is 5.43 Å². The van der Waals surface area contributed by atoms with Gasteiger partial charge in [0.2, 0.25) is 0 Å². The quantitative estimate of drug-likeness (QED) is 0.808. The normalized spacial score (nSPS) is 22.3. The molecule has 1 aliphatic heterocycles. The van der Waals surface area contributed by atoms with Crippen molar-refractivity contribution >= 4 is 11.8 Å². The highest BCUT2D eigenvalue weighted by Crippen LogP contribution is 2.18. The van der Waals surface area contributed by atoms with E-state index in [1.54, 1.807) is 0 Å². The molecule has 1 atom stereocenters. The van der Waals surface area contributed by atoms with E-state index in [1.165, 1.54) is 35.7 Å². The summed E-state index contributed by atoms with van der Waals surface area (Å²) in [4.78, 5) is 0. The molecule has 1 aliphatic rings. The average Bonchev–Trinajstić information content (AvgIpc) is 2.51. The van der Waals surface area contributed by atoms with Crippen LogP contribution in [0.25, 0.3) is 0 Å². The molecule has 78 valence electrons. The van der Waals surface area contributed by atoms with Crippen LogP contribution in [0.4, 0.5) is 0 Å². The molecule has 3 heteroatoms. The number of hydrogen-bond donors (Lipinski definition) is 1. The van der Waals surface area contributed by atoms with Gasteiger partial charge in [0.05, 0.1) is 6.04 Å². The number of aryl methyl sites for hydroxylation is 2. The molecule has 14 heavy (non-hydrogen) atoms. The molecule has 1 aromatic rings. The van der Waals surface area contributed by atoms with E-state index in [-0.39, 0.29) is 0 Å². The topological polar surface area (TPSA) is 17.0 Å². The van der Waals surface area contributed by atoms with Gasteiger partial charge in [0, 0.05) is 17.1 Å². The molecule has 2 nitrogen and oxygen atoms in total. The Hall–Kier alpha value is -0.570. The smallest absolute Gasteiger partial charge is 0.0515 e. The molecule has 1 unspecified atom stereocenters. The predicted octanol–water partition coefficient (Wildman–Crippen LogP) is 2.54. The SMILES string of the molecule is Cc1ccc(C)n1NC1CCCSC1. The third-order valence-corrected chi connectivity index (χ3v) is 3.96. The van der Waals surface area contributed by atoms with E-state index in [4.69, 9.17) is 0 Å². The molecule has 2 heterocycles. The summed E-state index contributed by atoms with van der Waals surface area (Å²) in [6.45, 7) is 4.30. The molecule has 0 aromatic carbocycles. The van der Waals surface area contributed by atoms with Crippen LogP contribution in [0.15, 0.2) is 12.1 Å². The van der Waals surface area contributed by atoms with Gasteiger partial charge < -0.3 is 5.43 Å². The van der Waals surface area contributed by atoms with Crippen LogP contribution in [-0.4, -0.2) is 22.2 Å². The van der Waals surface area contributed by atoms with Gasteiger partial charge in [-0.25, -0.2) is 0 Å². The fourth-order valence-corrected chi connectivity index (χ4v) is 2.96. The van der Waals surface area contributed by atoms with E-state index >= 15 is 0 Å². The molecular weight excluding hydrogens is 192 g/mol. The molecule has 0 bridgehead atoms. The van der Waals surface area contributed by atoms with E-state index in [9.17, 15) is 0 Å². The Balaban J connectivity index is 2.02. The summed E-state index contributed by atoms with van der Waals surface area (Å²) in [5, 5.41) is 0. The van der Waals surface area contributed by atoms with Crippen molar-refractivity contribution < 1.29 is 0 Å². The first-order valence-electron chi connectivity index (χ1n) is 5.26. The zero-order chi connectivity index (χ0) is 9.97. The summed E-state index contributed by atoms with van der Waals surface area (Å²) in [5.74, 6) is 2.58. The van der Waals surface area contributed by atoms with Gasteiger partial charge in [-0.15, -0.1) is 0 Å². The van der Waals surface area contributed by atoms with Crippen molar-refractivity contribution in [1.82, 2.24) is 4.68 Å². The van der Waals surface area contributed by atoms with Crippen molar-refractivity contribution in [1.29, 1.82) is 0 Å². The minimum atomic E-state index is 0.651. The van der Waals surface area contributed by atoms with Crippen molar-refractivity contribution in [3.05, 3.63) is 23.5 Å². The maximum atomic E-state index is 3.59. The lowest BCUT2D eigenvalue weighted by atomic mass is 10.2. The van der Waals surface area contributed by atoms with Gasteiger partial charge in [0.15, 0.2) is 0 Å². The van der Waals surface area contributed by atoms with E-state index < -0.39 is 0 Å². The number of hydrogen-bond acceptors (Lipinski definition) is 2. The lowest BCUT2D eigenvalue weighted by Gasteiger charge is -2.25. The lowest BCUT2D eigenvalue weighted by Crippen LogP contribution is -2.33. The fourth-order valence-electron chi connectivity index (χ4n) is 1.90. The Morgan fingerprint density at radius 1 is 1.36 bits per heavy atom. The number of thioether (sulfide) groups is 1. The molecular formula is C11H18N2S. The second-order valence-corrected chi connectivity index (χ2v) is 5.14. The minimum Gasteiger partial charge on any atom is -0.322 e. The van der Waals surface area contributed by atoms with Crippen LogP contribution in [-0.2, 0) is 0 Å². The Kier molecular flexibility index (Phi) is 3.06. The van der Waals surface area contributed by atoms with Gasteiger partial charge in [-0.3, -0.25) is 4.68 Å². The van der Waals surface area contributed by atoms with Gasteiger partial charge in [0.25, 0.3) is 0 Å². The molecule has 0 radical (unpaired) electrons. The summed E-state index contributed by atoms with van der Waals surface area (Å²) in [6, 6.07) is 4.98. The minimum absolute atomic E-state index is 0.651. The van der Waals surface area contributed by atoms with Crippen molar-refractivity contribution in [2.24, 2.45) is 0 Å². The fraction of sp³-hybridized carbons (Fsp3) is 0.636. The molecule has 1 N–H and O–H groups in total. The van der Waals surface area contributed by atoms with Crippen LogP contribution >= 0.6 is 11.8 Å². The summed E-state index contributed by atoms with van der Waals surface area (Å²) in [5.41, 5.74) is 6.20. The largest absolute Gasteiger partial charge is 0.322 e. The second kappa shape index (κ2) is 4.30. The van der Waals surface area contributed by atoms with Crippen LogP contribution in [0.1, 0.15) is 24.2 Å². The third-order valence-electron chi connectivity index (χ3n) is 2.74. The molecule has 0 spiro atoms. The zero-order valence-corrected chi connectivity index (χ0v) is 9.73. The Morgan fingerprint density at radius 2 is 2.07 bits per heavy atom. The predicted molar refractivity (Wildman–Crippen MR) is 63.6 cm³/mol. The summed E-state index contributed by atoms with van der Waals surface area (Å²) in [6.07, 6.45) is 2.66. The first kappa shape index (κ1) is 9.97. The summed E-state index contributed by atoms with van der Waals surface area (Å²) < 4.78 is 2.22. The standard InChI is InChI=1S/C11H18N2S/c1-9-5-6-10(2)13(9)12-11-4-3-7-14-8-11/h5-6,11-12H,3-4,7-8H2,1-2H3. The van der Waals surface area contributed by atoms with Gasteiger partial charge in [-0.1, -0.05) is 0 Å². The maximum Gasteiger partial charge on any atom is 0.0515 e. The maximum absolute atomic E-state index is 3.59. The van der Waals surface area contributed by atoms with E-state index in [0.29, 0.717) is 6.04 Å². The highest BCUT2D eigenvalue weighted by Gasteiger charge is 2.14. The monoisotopic (exact) mass is 210 g/mol. The third kappa shape index (κ3) is 2.08. The molecule has 1 aromatic heterocycles. The van der Waals surface area contributed by atoms with E-state index in [2.05, 4.69) is 47.8 Å². The highest BCUT2D eigenvalue weighted by molar-refractivity contribution is 7.99. The van der Waals surface area contributed by atoms with Gasteiger partial charge in [-0.2, -0.15) is 11.8 Å². The number of nitrogens with one attached hydrogen (secondary N) is 1. The highest BCUT2D eigenvalue weighted by atomic mass is 32.2. The second-order valence-electron chi connectivity index (χ2n) is 3.99. The Morgan fingerprint density at radius 3 is 2.64 bits per heavy atom. The summed E-state index contributed by atoms with van der Waals surface area (Å²) in [7, 11) is 0. The lowest BCUT2D eigenvalue weighted by molar-refractivity contribution is 0.608. The first-order valence-corrected chi connectivity index (χ1v) is 6.42. The van der Waals surface area contributed by atoms with Crippen molar-refractivity contribution in [2.45, 2.75) is 32.7 Å². The molecule has 1 fully saturated rings. The van der Waals surface area contributed by atoms with Crippen molar-refractivity contribution in [2.75, 3.05) is 16.9 Å². The van der Waals surface area contributed by atoms with E-state index in [1.807, 2.05) is 0 Å². The van der Waals surface area contributed by atoms with Gasteiger partial charge in [-0.05, 0) is 44.6 Å². The van der Waals surface area contributed by atoms with Gasteiger partial charge in [0.1, 0.15) is 0 Å². The molecule has 0 aliphatic carbocycles. The zero-order valence-electron chi connectivity index (χ0n) is 8.92. The average molecular weight is 210 g/mol. The number of rotatable bonds is 2. The summed E-state index contributed by atoms with van der Waals surface area (Å²) >= 11 is 2.06. The Bertz CT molecular complexity index is 281. The van der Waals surface area contributed by atoms with Crippen molar-refractivity contribution in [3.63, 3.8) is 0 Å². The van der Waals surface area contributed by atoms with Crippen LogP contribution in [0.3, 0.4) is 0 Å². The van der Waals surface area contributed by atoms with Crippen LogP contribution in [0.5, 0.6) is 0 Å².